The first-order valence-electron chi connectivity index (χ1n) is 7.50. The Bertz CT molecular complexity index is 681. The number of ether oxygens (including phenoxy) is 1. The van der Waals surface area contributed by atoms with Crippen LogP contribution in [0.5, 0.6) is 0 Å². The van der Waals surface area contributed by atoms with Gasteiger partial charge < -0.3 is 4.74 Å². The Kier molecular flexibility index (Phi) is 4.21. The van der Waals surface area contributed by atoms with Crippen molar-refractivity contribution in [1.29, 1.82) is 0 Å². The molecule has 116 valence electrons. The van der Waals surface area contributed by atoms with Gasteiger partial charge in [-0.05, 0) is 30.7 Å². The van der Waals surface area contributed by atoms with Crippen molar-refractivity contribution >= 4 is 17.6 Å². The highest BCUT2D eigenvalue weighted by Crippen LogP contribution is 2.38. The van der Waals surface area contributed by atoms with Gasteiger partial charge in [-0.15, -0.1) is 0 Å². The van der Waals surface area contributed by atoms with Crippen molar-refractivity contribution < 1.29 is 9.53 Å². The Labute approximate surface area is 135 Å². The number of carbonyl (C=O) groups is 1. The van der Waals surface area contributed by atoms with Gasteiger partial charge >= 0.3 is 5.97 Å². The van der Waals surface area contributed by atoms with E-state index in [1.54, 1.807) is 11.6 Å². The standard InChI is InChI=1S/C17H19ClN2O2/c1-11-8-14(11)10-22-17(21)15-12(2)19-20(16(15)18)9-13-6-4-3-5-7-13/h3-7,11,14H,8-10H2,1-2H3. The molecule has 5 heteroatoms. The van der Waals surface area contributed by atoms with Gasteiger partial charge in [-0.1, -0.05) is 48.9 Å². The van der Waals surface area contributed by atoms with E-state index in [1.807, 2.05) is 30.3 Å². The lowest BCUT2D eigenvalue weighted by Gasteiger charge is -2.05. The normalized spacial score (nSPS) is 20.0. The fourth-order valence-corrected chi connectivity index (χ4v) is 2.84. The van der Waals surface area contributed by atoms with Gasteiger partial charge in [0.05, 0.1) is 18.8 Å². The van der Waals surface area contributed by atoms with Crippen molar-refractivity contribution in [3.63, 3.8) is 0 Å². The van der Waals surface area contributed by atoms with E-state index in [0.29, 0.717) is 41.4 Å². The van der Waals surface area contributed by atoms with Crippen LogP contribution in [0.4, 0.5) is 0 Å². The predicted molar refractivity (Wildman–Crippen MR) is 85.1 cm³/mol. The number of benzene rings is 1. The summed E-state index contributed by atoms with van der Waals surface area (Å²) >= 11 is 6.33. The van der Waals surface area contributed by atoms with Gasteiger partial charge in [0.2, 0.25) is 0 Å². The second-order valence-corrected chi connectivity index (χ2v) is 6.32. The number of carbonyl (C=O) groups excluding carboxylic acids is 1. The average molecular weight is 319 g/mol. The maximum atomic E-state index is 12.2. The van der Waals surface area contributed by atoms with Gasteiger partial charge in [0, 0.05) is 0 Å². The summed E-state index contributed by atoms with van der Waals surface area (Å²) in [7, 11) is 0. The first-order chi connectivity index (χ1) is 10.6. The van der Waals surface area contributed by atoms with Crippen LogP contribution in [0.3, 0.4) is 0 Å². The number of nitrogens with zero attached hydrogens (tertiary/aromatic N) is 2. The van der Waals surface area contributed by atoms with Gasteiger partial charge in [0.1, 0.15) is 10.7 Å². The Morgan fingerprint density at radius 3 is 2.73 bits per heavy atom. The highest BCUT2D eigenvalue weighted by molar-refractivity contribution is 6.32. The van der Waals surface area contributed by atoms with E-state index in [1.165, 1.54) is 0 Å². The lowest BCUT2D eigenvalue weighted by atomic mass is 10.2. The zero-order chi connectivity index (χ0) is 15.7. The summed E-state index contributed by atoms with van der Waals surface area (Å²) in [5.74, 6) is 0.786. The van der Waals surface area contributed by atoms with Crippen molar-refractivity contribution in [3.05, 3.63) is 52.3 Å². The molecular weight excluding hydrogens is 300 g/mol. The second-order valence-electron chi connectivity index (χ2n) is 5.97. The number of aryl methyl sites for hydroxylation is 1. The van der Waals surface area contributed by atoms with E-state index < -0.39 is 0 Å². The first kappa shape index (κ1) is 15.1. The van der Waals surface area contributed by atoms with Crippen LogP contribution in [-0.4, -0.2) is 22.4 Å². The molecule has 2 atom stereocenters. The Morgan fingerprint density at radius 2 is 2.09 bits per heavy atom. The van der Waals surface area contributed by atoms with Crippen molar-refractivity contribution in [3.8, 4) is 0 Å². The molecule has 4 nitrogen and oxygen atoms in total. The molecule has 0 bridgehead atoms. The van der Waals surface area contributed by atoms with Crippen LogP contribution < -0.4 is 0 Å². The molecule has 1 aromatic carbocycles. The summed E-state index contributed by atoms with van der Waals surface area (Å²) in [6, 6.07) is 9.89. The minimum Gasteiger partial charge on any atom is -0.462 e. The molecule has 22 heavy (non-hydrogen) atoms. The molecule has 1 aliphatic carbocycles. The molecule has 1 aliphatic rings. The van der Waals surface area contributed by atoms with Crippen molar-refractivity contribution in [2.75, 3.05) is 6.61 Å². The molecule has 2 aromatic rings. The molecule has 1 heterocycles. The topological polar surface area (TPSA) is 44.1 Å². The van der Waals surface area contributed by atoms with Gasteiger partial charge in [0.25, 0.3) is 0 Å². The van der Waals surface area contributed by atoms with E-state index in [0.717, 1.165) is 12.0 Å². The van der Waals surface area contributed by atoms with Gasteiger partial charge in [0.15, 0.2) is 0 Å². The molecule has 0 spiro atoms. The monoisotopic (exact) mass is 318 g/mol. The molecule has 0 N–H and O–H groups in total. The summed E-state index contributed by atoms with van der Waals surface area (Å²) in [6.07, 6.45) is 1.13. The number of esters is 1. The lowest BCUT2D eigenvalue weighted by molar-refractivity contribution is 0.0480. The molecular formula is C17H19ClN2O2. The van der Waals surface area contributed by atoms with Crippen LogP contribution in [0.1, 0.15) is 35.0 Å². The summed E-state index contributed by atoms with van der Waals surface area (Å²) < 4.78 is 7.01. The Balaban J connectivity index is 1.73. The largest absolute Gasteiger partial charge is 0.462 e. The molecule has 0 amide bonds. The zero-order valence-corrected chi connectivity index (χ0v) is 13.5. The molecule has 1 aromatic heterocycles. The average Bonchev–Trinajstić information content (AvgIpc) is 3.13. The van der Waals surface area contributed by atoms with Crippen LogP contribution in [0, 0.1) is 18.8 Å². The number of hydrogen-bond donors (Lipinski definition) is 0. The molecule has 1 fully saturated rings. The third kappa shape index (κ3) is 3.17. The van der Waals surface area contributed by atoms with Crippen LogP contribution >= 0.6 is 11.6 Å². The fraction of sp³-hybridized carbons (Fsp3) is 0.412. The first-order valence-corrected chi connectivity index (χ1v) is 7.88. The number of hydrogen-bond acceptors (Lipinski definition) is 3. The minimum atomic E-state index is -0.374. The number of halogens is 1. The van der Waals surface area contributed by atoms with E-state index in [-0.39, 0.29) is 5.97 Å². The van der Waals surface area contributed by atoms with Crippen LogP contribution in [-0.2, 0) is 11.3 Å². The maximum Gasteiger partial charge on any atom is 0.343 e. The van der Waals surface area contributed by atoms with E-state index >= 15 is 0 Å². The molecule has 1 saturated carbocycles. The second kappa shape index (κ2) is 6.13. The summed E-state index contributed by atoms with van der Waals surface area (Å²) in [6.45, 7) is 4.95. The van der Waals surface area contributed by atoms with Crippen LogP contribution in [0.2, 0.25) is 5.15 Å². The van der Waals surface area contributed by atoms with Gasteiger partial charge in [-0.25, -0.2) is 9.48 Å². The third-order valence-electron chi connectivity index (χ3n) is 4.15. The SMILES string of the molecule is Cc1nn(Cc2ccccc2)c(Cl)c1C(=O)OCC1CC1C. The summed E-state index contributed by atoms with van der Waals surface area (Å²) in [5, 5.41) is 4.71. The Hall–Kier alpha value is -1.81. The lowest BCUT2D eigenvalue weighted by Crippen LogP contribution is -2.09. The minimum absolute atomic E-state index is 0.343. The smallest absolute Gasteiger partial charge is 0.343 e. The van der Waals surface area contributed by atoms with Crippen LogP contribution in [0.15, 0.2) is 30.3 Å². The number of aromatic nitrogens is 2. The highest BCUT2D eigenvalue weighted by atomic mass is 35.5. The predicted octanol–water partition coefficient (Wildman–Crippen LogP) is 3.71. The molecule has 0 radical (unpaired) electrons. The summed E-state index contributed by atoms with van der Waals surface area (Å²) in [4.78, 5) is 12.2. The number of rotatable bonds is 5. The van der Waals surface area contributed by atoms with Crippen molar-refractivity contribution in [2.24, 2.45) is 11.8 Å². The molecule has 0 aliphatic heterocycles. The third-order valence-corrected chi connectivity index (χ3v) is 4.53. The van der Waals surface area contributed by atoms with Gasteiger partial charge in [-0.2, -0.15) is 5.10 Å². The molecule has 0 saturated heterocycles. The highest BCUT2D eigenvalue weighted by Gasteiger charge is 2.34. The fourth-order valence-electron chi connectivity index (χ4n) is 2.53. The molecule has 2 unspecified atom stereocenters. The van der Waals surface area contributed by atoms with Crippen molar-refractivity contribution in [1.82, 2.24) is 9.78 Å². The Morgan fingerprint density at radius 1 is 1.41 bits per heavy atom. The summed E-state index contributed by atoms with van der Waals surface area (Å²) in [5.41, 5.74) is 2.07. The van der Waals surface area contributed by atoms with Gasteiger partial charge in [-0.3, -0.25) is 0 Å². The van der Waals surface area contributed by atoms with Crippen molar-refractivity contribution in [2.45, 2.75) is 26.8 Å². The van der Waals surface area contributed by atoms with E-state index in [9.17, 15) is 4.79 Å². The van der Waals surface area contributed by atoms with E-state index in [4.69, 9.17) is 16.3 Å². The quantitative estimate of drug-likeness (QED) is 0.789. The van der Waals surface area contributed by atoms with Crippen LogP contribution in [0.25, 0.3) is 0 Å². The van der Waals surface area contributed by atoms with E-state index in [2.05, 4.69) is 12.0 Å². The molecule has 3 rings (SSSR count). The zero-order valence-electron chi connectivity index (χ0n) is 12.8. The maximum absolute atomic E-state index is 12.2.